The molecule has 122 valence electrons. The summed E-state index contributed by atoms with van der Waals surface area (Å²) >= 11 is 0. The van der Waals surface area contributed by atoms with Gasteiger partial charge in [-0.05, 0) is 44.9 Å². The number of nitrogens with two attached hydrogens (primary N) is 1. The van der Waals surface area contributed by atoms with E-state index in [1.165, 1.54) is 0 Å². The Morgan fingerprint density at radius 2 is 2.09 bits per heavy atom. The number of carbonyl (C=O) groups is 1. The summed E-state index contributed by atoms with van der Waals surface area (Å²) in [7, 11) is 1.66. The van der Waals surface area contributed by atoms with Crippen LogP contribution in [-0.2, 0) is 4.74 Å². The first kappa shape index (κ1) is 16.6. The molecule has 0 aliphatic carbocycles. The summed E-state index contributed by atoms with van der Waals surface area (Å²) in [5.74, 6) is 1.06. The van der Waals surface area contributed by atoms with Crippen LogP contribution < -0.4 is 10.5 Å². The molecule has 5 heteroatoms. The Balaban J connectivity index is 2.02. The van der Waals surface area contributed by atoms with E-state index in [-0.39, 0.29) is 18.1 Å². The molecule has 1 aliphatic rings. The van der Waals surface area contributed by atoms with Crippen LogP contribution in [0.4, 0.5) is 4.79 Å². The van der Waals surface area contributed by atoms with E-state index < -0.39 is 5.60 Å². The largest absolute Gasteiger partial charge is 0.497 e. The topological polar surface area (TPSA) is 64.8 Å². The van der Waals surface area contributed by atoms with E-state index >= 15 is 0 Å². The SMILES string of the molecule is COc1cccc([C@@H]2CCN(C(=O)OC(C)(C)C)C[C@@H]2N)c1. The third kappa shape index (κ3) is 4.13. The Morgan fingerprint density at radius 1 is 1.36 bits per heavy atom. The van der Waals surface area contributed by atoms with Crippen molar-refractivity contribution in [2.75, 3.05) is 20.2 Å². The lowest BCUT2D eigenvalue weighted by atomic mass is 9.86. The smallest absolute Gasteiger partial charge is 0.410 e. The zero-order valence-electron chi connectivity index (χ0n) is 13.8. The van der Waals surface area contributed by atoms with E-state index in [4.69, 9.17) is 15.2 Å². The number of carbonyl (C=O) groups excluding carboxylic acids is 1. The lowest BCUT2D eigenvalue weighted by Crippen LogP contribution is -2.50. The third-order valence-corrected chi connectivity index (χ3v) is 3.83. The zero-order valence-corrected chi connectivity index (χ0v) is 13.8. The van der Waals surface area contributed by atoms with E-state index in [9.17, 15) is 4.79 Å². The Hall–Kier alpha value is -1.75. The van der Waals surface area contributed by atoms with Gasteiger partial charge < -0.3 is 20.1 Å². The molecule has 0 aromatic heterocycles. The van der Waals surface area contributed by atoms with Crippen LogP contribution in [0.2, 0.25) is 0 Å². The lowest BCUT2D eigenvalue weighted by molar-refractivity contribution is 0.0186. The van der Waals surface area contributed by atoms with Gasteiger partial charge in [0, 0.05) is 25.0 Å². The fourth-order valence-electron chi connectivity index (χ4n) is 2.76. The van der Waals surface area contributed by atoms with Crippen molar-refractivity contribution in [1.29, 1.82) is 0 Å². The number of likely N-dealkylation sites (tertiary alicyclic amines) is 1. The van der Waals surface area contributed by atoms with Crippen molar-refractivity contribution < 1.29 is 14.3 Å². The van der Waals surface area contributed by atoms with Crippen molar-refractivity contribution in [3.8, 4) is 5.75 Å². The molecule has 2 N–H and O–H groups in total. The predicted molar refractivity (Wildman–Crippen MR) is 86.1 cm³/mol. The summed E-state index contributed by atoms with van der Waals surface area (Å²) in [5.41, 5.74) is 6.99. The quantitative estimate of drug-likeness (QED) is 0.912. The summed E-state index contributed by atoms with van der Waals surface area (Å²) in [4.78, 5) is 13.8. The van der Waals surface area contributed by atoms with Crippen molar-refractivity contribution in [3.63, 3.8) is 0 Å². The highest BCUT2D eigenvalue weighted by molar-refractivity contribution is 5.68. The van der Waals surface area contributed by atoms with E-state index in [0.717, 1.165) is 17.7 Å². The van der Waals surface area contributed by atoms with Gasteiger partial charge in [-0.3, -0.25) is 0 Å². The molecule has 0 bridgehead atoms. The first-order valence-corrected chi connectivity index (χ1v) is 7.67. The average Bonchev–Trinajstić information content (AvgIpc) is 2.45. The summed E-state index contributed by atoms with van der Waals surface area (Å²) in [6, 6.07) is 7.88. The number of benzene rings is 1. The molecule has 2 atom stereocenters. The predicted octanol–water partition coefficient (Wildman–Crippen LogP) is 2.75. The molecule has 1 amide bonds. The molecule has 1 aromatic rings. The molecule has 5 nitrogen and oxygen atoms in total. The number of rotatable bonds is 2. The van der Waals surface area contributed by atoms with Gasteiger partial charge in [0.2, 0.25) is 0 Å². The van der Waals surface area contributed by atoms with E-state index in [1.54, 1.807) is 12.0 Å². The summed E-state index contributed by atoms with van der Waals surface area (Å²) in [5, 5.41) is 0. The molecule has 0 unspecified atom stereocenters. The van der Waals surface area contributed by atoms with Gasteiger partial charge in [0.1, 0.15) is 11.4 Å². The highest BCUT2D eigenvalue weighted by Gasteiger charge is 2.32. The van der Waals surface area contributed by atoms with Crippen molar-refractivity contribution >= 4 is 6.09 Å². The first-order valence-electron chi connectivity index (χ1n) is 7.67. The van der Waals surface area contributed by atoms with Gasteiger partial charge in [-0.25, -0.2) is 4.79 Å². The molecular formula is C17H26N2O3. The maximum Gasteiger partial charge on any atom is 0.410 e. The number of hydrogen-bond acceptors (Lipinski definition) is 4. The van der Waals surface area contributed by atoms with Crippen LogP contribution in [0.3, 0.4) is 0 Å². The second kappa shape index (κ2) is 6.57. The zero-order chi connectivity index (χ0) is 16.3. The van der Waals surface area contributed by atoms with Crippen LogP contribution in [0.1, 0.15) is 38.7 Å². The molecule has 1 fully saturated rings. The minimum absolute atomic E-state index is 0.103. The summed E-state index contributed by atoms with van der Waals surface area (Å²) in [6.07, 6.45) is 0.542. The normalized spacial score (nSPS) is 22.3. The minimum atomic E-state index is -0.481. The van der Waals surface area contributed by atoms with Crippen LogP contribution in [0, 0.1) is 0 Å². The molecular weight excluding hydrogens is 280 g/mol. The molecule has 0 saturated carbocycles. The van der Waals surface area contributed by atoms with Crippen molar-refractivity contribution in [2.24, 2.45) is 5.73 Å². The molecule has 22 heavy (non-hydrogen) atoms. The number of amides is 1. The maximum absolute atomic E-state index is 12.1. The number of methoxy groups -OCH3 is 1. The minimum Gasteiger partial charge on any atom is -0.497 e. The Labute approximate surface area is 132 Å². The highest BCUT2D eigenvalue weighted by atomic mass is 16.6. The van der Waals surface area contributed by atoms with E-state index in [0.29, 0.717) is 13.1 Å². The molecule has 2 rings (SSSR count). The molecule has 1 aliphatic heterocycles. The fourth-order valence-corrected chi connectivity index (χ4v) is 2.76. The Bertz CT molecular complexity index is 525. The number of nitrogens with zero attached hydrogens (tertiary/aromatic N) is 1. The van der Waals surface area contributed by atoms with Crippen LogP contribution in [0.25, 0.3) is 0 Å². The second-order valence-electron chi connectivity index (χ2n) is 6.76. The van der Waals surface area contributed by atoms with Crippen LogP contribution >= 0.6 is 0 Å². The molecule has 0 spiro atoms. The summed E-state index contributed by atoms with van der Waals surface area (Å²) < 4.78 is 10.7. The standard InChI is InChI=1S/C17H26N2O3/c1-17(2,3)22-16(20)19-9-8-14(15(18)11-19)12-6-5-7-13(10-12)21-4/h5-7,10,14-15H,8-9,11,18H2,1-4H3/t14-,15-/m0/s1. The van der Waals surface area contributed by atoms with Crippen molar-refractivity contribution in [3.05, 3.63) is 29.8 Å². The van der Waals surface area contributed by atoms with Gasteiger partial charge in [-0.15, -0.1) is 0 Å². The van der Waals surface area contributed by atoms with Crippen LogP contribution in [0.15, 0.2) is 24.3 Å². The van der Waals surface area contributed by atoms with Crippen LogP contribution in [0.5, 0.6) is 5.75 Å². The van der Waals surface area contributed by atoms with Gasteiger partial charge in [0.05, 0.1) is 7.11 Å². The van der Waals surface area contributed by atoms with Gasteiger partial charge >= 0.3 is 6.09 Å². The van der Waals surface area contributed by atoms with E-state index in [2.05, 4.69) is 6.07 Å². The van der Waals surface area contributed by atoms with Gasteiger partial charge in [-0.2, -0.15) is 0 Å². The Kier molecular flexibility index (Phi) is 4.96. The Morgan fingerprint density at radius 3 is 2.68 bits per heavy atom. The van der Waals surface area contributed by atoms with Crippen molar-refractivity contribution in [1.82, 2.24) is 4.90 Å². The average molecular weight is 306 g/mol. The van der Waals surface area contributed by atoms with Gasteiger partial charge in [-0.1, -0.05) is 12.1 Å². The number of hydrogen-bond donors (Lipinski definition) is 1. The summed E-state index contributed by atoms with van der Waals surface area (Å²) in [6.45, 7) is 6.77. The molecule has 1 heterocycles. The van der Waals surface area contributed by atoms with E-state index in [1.807, 2.05) is 39.0 Å². The lowest BCUT2D eigenvalue weighted by Gasteiger charge is -2.37. The third-order valence-electron chi connectivity index (χ3n) is 3.83. The second-order valence-corrected chi connectivity index (χ2v) is 6.76. The highest BCUT2D eigenvalue weighted by Crippen LogP contribution is 2.30. The molecule has 1 aromatic carbocycles. The molecule has 0 radical (unpaired) electrons. The maximum atomic E-state index is 12.1. The fraction of sp³-hybridized carbons (Fsp3) is 0.588. The molecule has 1 saturated heterocycles. The monoisotopic (exact) mass is 306 g/mol. The first-order chi connectivity index (χ1) is 10.3. The van der Waals surface area contributed by atoms with Gasteiger partial charge in [0.25, 0.3) is 0 Å². The van der Waals surface area contributed by atoms with Crippen LogP contribution in [-0.4, -0.2) is 42.8 Å². The van der Waals surface area contributed by atoms with Gasteiger partial charge in [0.15, 0.2) is 0 Å². The number of ether oxygens (including phenoxy) is 2. The number of piperidine rings is 1. The van der Waals surface area contributed by atoms with Crippen molar-refractivity contribution in [2.45, 2.75) is 44.8 Å².